The van der Waals surface area contributed by atoms with Crippen molar-refractivity contribution in [3.63, 3.8) is 0 Å². The number of aromatic carboxylic acids is 1. The van der Waals surface area contributed by atoms with Gasteiger partial charge >= 0.3 is 5.97 Å². The largest absolute Gasteiger partial charge is 0.504 e. The number of halogens is 1. The normalized spacial score (nSPS) is 9.75. The third-order valence-corrected chi connectivity index (χ3v) is 2.11. The Balaban J connectivity index is 3.31. The summed E-state index contributed by atoms with van der Waals surface area (Å²) in [6.07, 6.45) is 0. The molecular formula is C7H5IO4. The van der Waals surface area contributed by atoms with E-state index in [9.17, 15) is 4.79 Å². The maximum atomic E-state index is 10.4. The molecule has 12 heavy (non-hydrogen) atoms. The van der Waals surface area contributed by atoms with Gasteiger partial charge in [-0.15, -0.1) is 0 Å². The SMILES string of the molecule is O=C(O)c1cc(O)c(O)c(I)c1. The van der Waals surface area contributed by atoms with Crippen LogP contribution in [0.5, 0.6) is 11.5 Å². The highest BCUT2D eigenvalue weighted by Crippen LogP contribution is 2.31. The second-order valence-corrected chi connectivity index (χ2v) is 3.29. The summed E-state index contributed by atoms with van der Waals surface area (Å²) in [4.78, 5) is 10.4. The highest BCUT2D eigenvalue weighted by Gasteiger charge is 2.10. The van der Waals surface area contributed by atoms with Crippen LogP contribution in [0.1, 0.15) is 10.4 Å². The number of phenols is 2. The fraction of sp³-hybridized carbons (Fsp3) is 0. The van der Waals surface area contributed by atoms with Crippen molar-refractivity contribution in [1.29, 1.82) is 0 Å². The third-order valence-electron chi connectivity index (χ3n) is 1.29. The Hall–Kier alpha value is -0.980. The maximum Gasteiger partial charge on any atom is 0.335 e. The lowest BCUT2D eigenvalue weighted by Crippen LogP contribution is -1.96. The van der Waals surface area contributed by atoms with Gasteiger partial charge in [0.05, 0.1) is 9.13 Å². The molecule has 0 amide bonds. The summed E-state index contributed by atoms with van der Waals surface area (Å²) < 4.78 is 0.310. The van der Waals surface area contributed by atoms with Crippen LogP contribution in [-0.4, -0.2) is 21.3 Å². The van der Waals surface area contributed by atoms with E-state index in [0.29, 0.717) is 3.57 Å². The Morgan fingerprint density at radius 3 is 2.33 bits per heavy atom. The molecule has 0 fully saturated rings. The molecule has 0 aromatic heterocycles. The van der Waals surface area contributed by atoms with E-state index in [1.807, 2.05) is 0 Å². The Morgan fingerprint density at radius 2 is 1.92 bits per heavy atom. The smallest absolute Gasteiger partial charge is 0.335 e. The molecule has 0 saturated carbocycles. The van der Waals surface area contributed by atoms with Crippen molar-refractivity contribution in [2.24, 2.45) is 0 Å². The monoisotopic (exact) mass is 280 g/mol. The minimum Gasteiger partial charge on any atom is -0.504 e. The van der Waals surface area contributed by atoms with Crippen molar-refractivity contribution in [2.75, 3.05) is 0 Å². The fourth-order valence-corrected chi connectivity index (χ4v) is 1.32. The number of carbonyl (C=O) groups is 1. The minimum atomic E-state index is -1.14. The van der Waals surface area contributed by atoms with Gasteiger partial charge in [0.15, 0.2) is 11.5 Å². The molecule has 4 nitrogen and oxygen atoms in total. The topological polar surface area (TPSA) is 77.8 Å². The van der Waals surface area contributed by atoms with Crippen LogP contribution >= 0.6 is 22.6 Å². The van der Waals surface area contributed by atoms with Crippen LogP contribution in [0.15, 0.2) is 12.1 Å². The average Bonchev–Trinajstić information content (AvgIpc) is 1.99. The van der Waals surface area contributed by atoms with Crippen molar-refractivity contribution in [3.8, 4) is 11.5 Å². The van der Waals surface area contributed by atoms with Crippen LogP contribution in [0.2, 0.25) is 0 Å². The molecule has 1 rings (SSSR count). The van der Waals surface area contributed by atoms with E-state index >= 15 is 0 Å². The minimum absolute atomic E-state index is 0.0466. The lowest BCUT2D eigenvalue weighted by Gasteiger charge is -2.01. The molecule has 3 N–H and O–H groups in total. The summed E-state index contributed by atoms with van der Waals surface area (Å²) in [6.45, 7) is 0. The van der Waals surface area contributed by atoms with E-state index in [1.54, 1.807) is 22.6 Å². The zero-order chi connectivity index (χ0) is 9.30. The van der Waals surface area contributed by atoms with E-state index in [4.69, 9.17) is 15.3 Å². The van der Waals surface area contributed by atoms with Gasteiger partial charge in [-0.3, -0.25) is 0 Å². The molecule has 0 saturated heterocycles. The highest BCUT2D eigenvalue weighted by molar-refractivity contribution is 14.1. The van der Waals surface area contributed by atoms with E-state index < -0.39 is 11.7 Å². The standard InChI is InChI=1S/C7H5IO4/c8-4-1-3(7(11)12)2-5(9)6(4)10/h1-2,9-10H,(H,11,12). The molecule has 1 aromatic rings. The van der Waals surface area contributed by atoms with Crippen molar-refractivity contribution in [3.05, 3.63) is 21.3 Å². The van der Waals surface area contributed by atoms with Crippen LogP contribution in [-0.2, 0) is 0 Å². The Morgan fingerprint density at radius 1 is 1.33 bits per heavy atom. The predicted octanol–water partition coefficient (Wildman–Crippen LogP) is 1.40. The first-order chi connectivity index (χ1) is 5.52. The van der Waals surface area contributed by atoms with Gasteiger partial charge in [0.1, 0.15) is 0 Å². The number of phenolic OH excluding ortho intramolecular Hbond substituents is 2. The van der Waals surface area contributed by atoms with Crippen LogP contribution in [0.3, 0.4) is 0 Å². The number of rotatable bonds is 1. The molecule has 1 aromatic carbocycles. The van der Waals surface area contributed by atoms with Gasteiger partial charge in [-0.25, -0.2) is 4.79 Å². The lowest BCUT2D eigenvalue weighted by atomic mass is 10.2. The first kappa shape index (κ1) is 9.11. The molecule has 64 valence electrons. The van der Waals surface area contributed by atoms with Crippen LogP contribution < -0.4 is 0 Å². The van der Waals surface area contributed by atoms with E-state index in [0.717, 1.165) is 6.07 Å². The van der Waals surface area contributed by atoms with Crippen molar-refractivity contribution >= 4 is 28.6 Å². The molecule has 0 aliphatic carbocycles. The van der Waals surface area contributed by atoms with Gasteiger partial charge in [-0.2, -0.15) is 0 Å². The van der Waals surface area contributed by atoms with Gasteiger partial charge < -0.3 is 15.3 Å². The molecule has 0 heterocycles. The highest BCUT2D eigenvalue weighted by atomic mass is 127. The number of hydrogen-bond acceptors (Lipinski definition) is 3. The van der Waals surface area contributed by atoms with Crippen molar-refractivity contribution < 1.29 is 20.1 Å². The number of benzene rings is 1. The average molecular weight is 280 g/mol. The van der Waals surface area contributed by atoms with Crippen LogP contribution in [0.4, 0.5) is 0 Å². The van der Waals surface area contributed by atoms with Crippen molar-refractivity contribution in [1.82, 2.24) is 0 Å². The van der Waals surface area contributed by atoms with Gasteiger partial charge in [-0.05, 0) is 34.7 Å². The molecule has 0 radical (unpaired) electrons. The van der Waals surface area contributed by atoms with E-state index in [1.165, 1.54) is 6.07 Å². The molecule has 0 bridgehead atoms. The molecule has 0 unspecified atom stereocenters. The Bertz CT molecular complexity index is 311. The second-order valence-electron chi connectivity index (χ2n) is 2.13. The Kier molecular flexibility index (Phi) is 2.41. The molecule has 5 heteroatoms. The zero-order valence-electron chi connectivity index (χ0n) is 5.78. The van der Waals surface area contributed by atoms with Crippen molar-refractivity contribution in [2.45, 2.75) is 0 Å². The summed E-state index contributed by atoms with van der Waals surface area (Å²) in [5, 5.41) is 26.6. The first-order valence-corrected chi connectivity index (χ1v) is 4.05. The summed E-state index contributed by atoms with van der Waals surface area (Å²) in [6, 6.07) is 2.28. The summed E-state index contributed by atoms with van der Waals surface area (Å²) in [5.74, 6) is -1.84. The summed E-state index contributed by atoms with van der Waals surface area (Å²) >= 11 is 1.74. The van der Waals surface area contributed by atoms with Crippen LogP contribution in [0, 0.1) is 3.57 Å². The van der Waals surface area contributed by atoms with Gasteiger partial charge in [0.25, 0.3) is 0 Å². The zero-order valence-corrected chi connectivity index (χ0v) is 7.94. The van der Waals surface area contributed by atoms with Gasteiger partial charge in [0.2, 0.25) is 0 Å². The first-order valence-electron chi connectivity index (χ1n) is 2.97. The summed E-state index contributed by atoms with van der Waals surface area (Å²) in [5.41, 5.74) is -0.0466. The summed E-state index contributed by atoms with van der Waals surface area (Å²) in [7, 11) is 0. The predicted molar refractivity (Wildman–Crippen MR) is 49.4 cm³/mol. The molecule has 0 atom stereocenters. The molecule has 0 spiro atoms. The molecule has 0 aliphatic heterocycles. The van der Waals surface area contributed by atoms with E-state index in [2.05, 4.69) is 0 Å². The van der Waals surface area contributed by atoms with E-state index in [-0.39, 0.29) is 11.3 Å². The lowest BCUT2D eigenvalue weighted by molar-refractivity contribution is 0.0696. The van der Waals surface area contributed by atoms with Gasteiger partial charge in [-0.1, -0.05) is 0 Å². The number of carboxylic acid groups (broad SMARTS) is 1. The third kappa shape index (κ3) is 1.60. The molecule has 0 aliphatic rings. The number of aromatic hydroxyl groups is 2. The Labute approximate surface area is 81.6 Å². The maximum absolute atomic E-state index is 10.4. The molecular weight excluding hydrogens is 275 g/mol. The van der Waals surface area contributed by atoms with Gasteiger partial charge in [0, 0.05) is 0 Å². The quantitative estimate of drug-likeness (QED) is 0.536. The fourth-order valence-electron chi connectivity index (χ4n) is 0.708. The number of carboxylic acids is 1. The van der Waals surface area contributed by atoms with Crippen LogP contribution in [0.25, 0.3) is 0 Å². The number of hydrogen-bond donors (Lipinski definition) is 3. The second kappa shape index (κ2) is 3.18.